The van der Waals surface area contributed by atoms with E-state index in [1.54, 1.807) is 18.2 Å². The number of alkyl halides is 6. The van der Waals surface area contributed by atoms with Gasteiger partial charge in [0.15, 0.2) is 11.6 Å². The number of rotatable bonds is 4. The van der Waals surface area contributed by atoms with Gasteiger partial charge in [0, 0.05) is 18.8 Å². The molecule has 2 aromatic heterocycles. The van der Waals surface area contributed by atoms with E-state index in [0.29, 0.717) is 18.0 Å². The highest BCUT2D eigenvalue weighted by Gasteiger charge is 2.38. The topological polar surface area (TPSA) is 63.9 Å². The zero-order valence-corrected chi connectivity index (χ0v) is 18.0. The van der Waals surface area contributed by atoms with Crippen LogP contribution in [0.25, 0.3) is 5.82 Å². The second-order valence-electron chi connectivity index (χ2n) is 6.73. The molecular weight excluding hydrogens is 508 g/mol. The Kier molecular flexibility index (Phi) is 6.31. The summed E-state index contributed by atoms with van der Waals surface area (Å²) in [6.07, 6.45) is -8.60. The van der Waals surface area contributed by atoms with E-state index < -0.39 is 41.0 Å². The van der Waals surface area contributed by atoms with Gasteiger partial charge >= 0.3 is 12.4 Å². The van der Waals surface area contributed by atoms with Crippen molar-refractivity contribution in [2.45, 2.75) is 25.3 Å². The van der Waals surface area contributed by atoms with Gasteiger partial charge in [-0.05, 0) is 53.2 Å². The summed E-state index contributed by atoms with van der Waals surface area (Å²) in [5.74, 6) is -0.548. The van der Waals surface area contributed by atoms with Crippen LogP contribution in [0, 0.1) is 0 Å². The lowest BCUT2D eigenvalue weighted by molar-refractivity contribution is -0.143. The number of aromatic nitrogens is 4. The third-order valence-electron chi connectivity index (χ3n) is 4.56. The number of carbonyl (C=O) groups is 1. The van der Waals surface area contributed by atoms with Gasteiger partial charge in [-0.25, -0.2) is 9.97 Å². The summed E-state index contributed by atoms with van der Waals surface area (Å²) < 4.78 is 80.2. The second-order valence-corrected chi connectivity index (χ2v) is 7.43. The van der Waals surface area contributed by atoms with Gasteiger partial charge in [-0.3, -0.25) is 4.79 Å². The van der Waals surface area contributed by atoms with Gasteiger partial charge in [0.1, 0.15) is 0 Å². The van der Waals surface area contributed by atoms with Crippen molar-refractivity contribution in [3.8, 4) is 5.82 Å². The van der Waals surface area contributed by atoms with Crippen LogP contribution in [0.2, 0.25) is 0 Å². The monoisotopic (exact) mass is 521 g/mol. The summed E-state index contributed by atoms with van der Waals surface area (Å²) in [7, 11) is 1.23. The molecule has 0 spiro atoms. The van der Waals surface area contributed by atoms with Crippen molar-refractivity contribution >= 4 is 21.8 Å². The van der Waals surface area contributed by atoms with Crippen molar-refractivity contribution < 1.29 is 31.1 Å². The number of hydrogen-bond donors (Lipinski definition) is 0. The van der Waals surface area contributed by atoms with Crippen molar-refractivity contribution in [3.63, 3.8) is 0 Å². The van der Waals surface area contributed by atoms with E-state index in [4.69, 9.17) is 0 Å². The highest BCUT2D eigenvalue weighted by atomic mass is 79.9. The summed E-state index contributed by atoms with van der Waals surface area (Å²) in [5.41, 5.74) is -3.90. The van der Waals surface area contributed by atoms with Crippen LogP contribution in [0.1, 0.15) is 40.3 Å². The lowest BCUT2D eigenvalue weighted by atomic mass is 10.0. The Morgan fingerprint density at radius 1 is 1.06 bits per heavy atom. The Labute approximate surface area is 186 Å². The molecule has 1 unspecified atom stereocenters. The molecule has 0 aliphatic rings. The lowest BCUT2D eigenvalue weighted by Crippen LogP contribution is -2.31. The number of hydrogen-bond acceptors (Lipinski definition) is 4. The lowest BCUT2D eigenvalue weighted by Gasteiger charge is -2.23. The third kappa shape index (κ3) is 4.92. The van der Waals surface area contributed by atoms with Crippen molar-refractivity contribution in [1.82, 2.24) is 24.6 Å². The van der Waals surface area contributed by atoms with E-state index in [0.717, 1.165) is 4.90 Å². The Balaban J connectivity index is 1.95. The van der Waals surface area contributed by atoms with Crippen LogP contribution in [0.3, 0.4) is 0 Å². The number of halogens is 7. The average molecular weight is 522 g/mol. The summed E-state index contributed by atoms with van der Waals surface area (Å²) in [4.78, 5) is 22.0. The fourth-order valence-electron chi connectivity index (χ4n) is 2.74. The van der Waals surface area contributed by atoms with Crippen molar-refractivity contribution in [2.24, 2.45) is 0 Å². The Morgan fingerprint density at radius 2 is 1.66 bits per heavy atom. The Hall–Kier alpha value is -2.96. The van der Waals surface area contributed by atoms with Crippen LogP contribution in [0.15, 0.2) is 47.3 Å². The van der Waals surface area contributed by atoms with Crippen molar-refractivity contribution in [2.75, 3.05) is 7.05 Å². The van der Waals surface area contributed by atoms with Crippen LogP contribution in [0.4, 0.5) is 26.3 Å². The van der Waals surface area contributed by atoms with Gasteiger partial charge in [-0.15, -0.1) is 5.10 Å². The molecular formula is C19H14BrF6N5O. The highest BCUT2D eigenvalue weighted by molar-refractivity contribution is 9.10. The van der Waals surface area contributed by atoms with Crippen molar-refractivity contribution in [3.05, 3.63) is 69.8 Å². The van der Waals surface area contributed by atoms with Gasteiger partial charge in [0.05, 0.1) is 17.2 Å². The van der Waals surface area contributed by atoms with Crippen LogP contribution in [-0.4, -0.2) is 37.6 Å². The Bertz CT molecular complexity index is 1100. The SMILES string of the molecule is CC(c1nc(Br)n(-c2ccccn2)n1)N(C)C(=O)c1cc(C(F)(F)F)cc(C(F)(F)F)c1. The molecule has 6 nitrogen and oxygen atoms in total. The molecule has 0 radical (unpaired) electrons. The minimum atomic E-state index is -5.06. The number of carbonyl (C=O) groups excluding carboxylic acids is 1. The van der Waals surface area contributed by atoms with Crippen molar-refractivity contribution in [1.29, 1.82) is 0 Å². The first kappa shape index (κ1) is 23.7. The summed E-state index contributed by atoms with van der Waals surface area (Å²) >= 11 is 3.21. The molecule has 170 valence electrons. The predicted octanol–water partition coefficient (Wildman–Crippen LogP) is 5.30. The van der Waals surface area contributed by atoms with E-state index in [1.807, 2.05) is 0 Å². The molecule has 0 aliphatic carbocycles. The molecule has 13 heteroatoms. The first-order valence-corrected chi connectivity index (χ1v) is 9.69. The Morgan fingerprint density at radius 3 is 2.16 bits per heavy atom. The van der Waals surface area contributed by atoms with Gasteiger partial charge in [0.2, 0.25) is 4.73 Å². The number of pyridine rings is 1. The molecule has 0 bridgehead atoms. The molecule has 0 N–H and O–H groups in total. The minimum Gasteiger partial charge on any atom is -0.332 e. The maximum atomic E-state index is 13.1. The largest absolute Gasteiger partial charge is 0.416 e. The zero-order valence-electron chi connectivity index (χ0n) is 16.4. The van der Waals surface area contributed by atoms with E-state index >= 15 is 0 Å². The fourth-order valence-corrected chi connectivity index (χ4v) is 3.18. The van der Waals surface area contributed by atoms with Crippen LogP contribution in [0.5, 0.6) is 0 Å². The molecule has 2 heterocycles. The van der Waals surface area contributed by atoms with Gasteiger partial charge < -0.3 is 4.90 Å². The molecule has 0 aliphatic heterocycles. The zero-order chi connectivity index (χ0) is 23.8. The molecule has 3 aromatic rings. The van der Waals surface area contributed by atoms with Crippen LogP contribution < -0.4 is 0 Å². The molecule has 0 saturated heterocycles. The van der Waals surface area contributed by atoms with Gasteiger partial charge in [-0.1, -0.05) is 6.07 Å². The quantitative estimate of drug-likeness (QED) is 0.437. The van der Waals surface area contributed by atoms with Gasteiger partial charge in [-0.2, -0.15) is 31.0 Å². The number of amides is 1. The maximum Gasteiger partial charge on any atom is 0.416 e. The first-order valence-electron chi connectivity index (χ1n) is 8.89. The van der Waals surface area contributed by atoms with Gasteiger partial charge in [0.25, 0.3) is 5.91 Å². The summed E-state index contributed by atoms with van der Waals surface area (Å²) in [5, 5.41) is 4.23. The standard InChI is InChI=1S/C19H14BrF6N5O/c1-10(15-28-17(20)31(29-15)14-5-3-4-6-27-14)30(2)16(32)11-7-12(18(21,22)23)9-13(8-11)19(24,25)26/h3-10H,1-2H3. The smallest absolute Gasteiger partial charge is 0.332 e. The molecule has 0 fully saturated rings. The normalized spacial score (nSPS) is 13.2. The molecule has 32 heavy (non-hydrogen) atoms. The fraction of sp³-hybridized carbons (Fsp3) is 0.263. The molecule has 1 aromatic carbocycles. The van der Waals surface area contributed by atoms with Crippen LogP contribution >= 0.6 is 15.9 Å². The number of benzene rings is 1. The molecule has 1 atom stereocenters. The number of nitrogens with zero attached hydrogens (tertiary/aromatic N) is 5. The van der Waals surface area contributed by atoms with E-state index in [1.165, 1.54) is 24.9 Å². The van der Waals surface area contributed by atoms with E-state index in [9.17, 15) is 31.1 Å². The second kappa shape index (κ2) is 8.52. The molecule has 3 rings (SSSR count). The average Bonchev–Trinajstić information content (AvgIpc) is 3.12. The first-order chi connectivity index (χ1) is 14.8. The third-order valence-corrected chi connectivity index (χ3v) is 5.07. The van der Waals surface area contributed by atoms with E-state index in [-0.39, 0.29) is 16.6 Å². The van der Waals surface area contributed by atoms with E-state index in [2.05, 4.69) is 31.0 Å². The maximum absolute atomic E-state index is 13.1. The minimum absolute atomic E-state index is 0.0343. The summed E-state index contributed by atoms with van der Waals surface area (Å²) in [6.45, 7) is 1.49. The summed E-state index contributed by atoms with van der Waals surface area (Å²) in [6, 6.07) is 4.90. The molecule has 1 amide bonds. The van der Waals surface area contributed by atoms with Crippen LogP contribution in [-0.2, 0) is 12.4 Å². The predicted molar refractivity (Wildman–Crippen MR) is 104 cm³/mol. The molecule has 0 saturated carbocycles. The highest BCUT2D eigenvalue weighted by Crippen LogP contribution is 2.37.